The zero-order valence-electron chi connectivity index (χ0n) is 15.0. The molecule has 0 bridgehead atoms. The SMILES string of the molecule is CCCC(C)[C@H](c1cc(OC)cc(C(F)(F)F)c1)N1CCNCC1.Cl. The van der Waals surface area contributed by atoms with Crippen molar-refractivity contribution in [2.45, 2.75) is 38.9 Å². The first-order valence-corrected chi connectivity index (χ1v) is 8.57. The van der Waals surface area contributed by atoms with Gasteiger partial charge in [-0.15, -0.1) is 12.4 Å². The maximum Gasteiger partial charge on any atom is 0.416 e. The molecule has 1 unspecified atom stereocenters. The first-order chi connectivity index (χ1) is 11.4. The zero-order valence-corrected chi connectivity index (χ0v) is 15.8. The maximum absolute atomic E-state index is 13.3. The van der Waals surface area contributed by atoms with Crippen molar-refractivity contribution in [2.75, 3.05) is 33.3 Å². The van der Waals surface area contributed by atoms with E-state index >= 15 is 0 Å². The highest BCUT2D eigenvalue weighted by Crippen LogP contribution is 2.38. The van der Waals surface area contributed by atoms with Gasteiger partial charge >= 0.3 is 6.18 Å². The summed E-state index contributed by atoms with van der Waals surface area (Å²) in [7, 11) is 1.41. The van der Waals surface area contributed by atoms with Gasteiger partial charge in [-0.05, 0) is 36.1 Å². The number of hydrogen-bond acceptors (Lipinski definition) is 3. The van der Waals surface area contributed by atoms with Crippen LogP contribution >= 0.6 is 12.4 Å². The minimum Gasteiger partial charge on any atom is -0.497 e. The van der Waals surface area contributed by atoms with E-state index in [0.717, 1.165) is 45.1 Å². The quantitative estimate of drug-likeness (QED) is 0.785. The number of ether oxygens (including phenoxy) is 1. The minimum absolute atomic E-state index is 0. The summed E-state index contributed by atoms with van der Waals surface area (Å²) in [5.74, 6) is 0.546. The molecule has 1 N–H and O–H groups in total. The monoisotopic (exact) mass is 380 g/mol. The van der Waals surface area contributed by atoms with E-state index in [1.165, 1.54) is 13.2 Å². The van der Waals surface area contributed by atoms with Gasteiger partial charge in [0.1, 0.15) is 5.75 Å². The lowest BCUT2D eigenvalue weighted by atomic mass is 9.88. The van der Waals surface area contributed by atoms with Crippen LogP contribution in [0.3, 0.4) is 0 Å². The smallest absolute Gasteiger partial charge is 0.416 e. The third-order valence-electron chi connectivity index (χ3n) is 4.66. The molecule has 1 aromatic rings. The number of nitrogens with zero attached hydrogens (tertiary/aromatic N) is 1. The molecule has 0 aromatic heterocycles. The van der Waals surface area contributed by atoms with Crippen LogP contribution < -0.4 is 10.1 Å². The number of benzene rings is 1. The average Bonchev–Trinajstić information content (AvgIpc) is 2.55. The lowest BCUT2D eigenvalue weighted by molar-refractivity contribution is -0.137. The van der Waals surface area contributed by atoms with Crippen molar-refractivity contribution >= 4 is 12.4 Å². The second-order valence-corrected chi connectivity index (χ2v) is 6.49. The third-order valence-corrected chi connectivity index (χ3v) is 4.66. The highest BCUT2D eigenvalue weighted by molar-refractivity contribution is 5.85. The zero-order chi connectivity index (χ0) is 17.7. The summed E-state index contributed by atoms with van der Waals surface area (Å²) in [5.41, 5.74) is 0.0604. The molecule has 1 fully saturated rings. The molecule has 1 aliphatic heterocycles. The minimum atomic E-state index is -4.37. The Balaban J connectivity index is 0.00000312. The second-order valence-electron chi connectivity index (χ2n) is 6.49. The van der Waals surface area contributed by atoms with Crippen LogP contribution in [0.2, 0.25) is 0 Å². The van der Waals surface area contributed by atoms with Crippen LogP contribution in [0, 0.1) is 5.92 Å². The van der Waals surface area contributed by atoms with Crippen LogP contribution in [0.5, 0.6) is 5.75 Å². The summed E-state index contributed by atoms with van der Waals surface area (Å²) in [4.78, 5) is 2.30. The maximum atomic E-state index is 13.3. The number of methoxy groups -OCH3 is 1. The Hall–Kier alpha value is -0.980. The van der Waals surface area contributed by atoms with Crippen molar-refractivity contribution in [2.24, 2.45) is 5.92 Å². The largest absolute Gasteiger partial charge is 0.497 e. The Bertz CT molecular complexity index is 534. The van der Waals surface area contributed by atoms with Crippen LogP contribution in [0.25, 0.3) is 0 Å². The van der Waals surface area contributed by atoms with E-state index in [9.17, 15) is 13.2 Å². The number of alkyl halides is 3. The van der Waals surface area contributed by atoms with Crippen LogP contribution in [0.4, 0.5) is 13.2 Å². The molecule has 25 heavy (non-hydrogen) atoms. The normalized spacial score (nSPS) is 18.3. The van der Waals surface area contributed by atoms with Crippen LogP contribution in [-0.4, -0.2) is 38.2 Å². The fraction of sp³-hybridized carbons (Fsp3) is 0.667. The summed E-state index contributed by atoms with van der Waals surface area (Å²) < 4.78 is 44.9. The number of rotatable bonds is 6. The van der Waals surface area contributed by atoms with Gasteiger partial charge in [-0.25, -0.2) is 0 Å². The highest BCUT2D eigenvalue weighted by atomic mass is 35.5. The van der Waals surface area contributed by atoms with Crippen molar-refractivity contribution < 1.29 is 17.9 Å². The summed E-state index contributed by atoms with van der Waals surface area (Å²) in [5, 5.41) is 3.30. The van der Waals surface area contributed by atoms with E-state index in [4.69, 9.17) is 4.74 Å². The highest BCUT2D eigenvalue weighted by Gasteiger charge is 2.34. The molecule has 0 spiro atoms. The van der Waals surface area contributed by atoms with Gasteiger partial charge in [0, 0.05) is 32.2 Å². The second kappa shape index (κ2) is 9.64. The number of halogens is 4. The number of hydrogen-bond donors (Lipinski definition) is 1. The van der Waals surface area contributed by atoms with Gasteiger partial charge in [0.05, 0.1) is 12.7 Å². The van der Waals surface area contributed by atoms with Crippen molar-refractivity contribution in [3.63, 3.8) is 0 Å². The van der Waals surface area contributed by atoms with Gasteiger partial charge in [-0.2, -0.15) is 13.2 Å². The number of piperazine rings is 1. The van der Waals surface area contributed by atoms with E-state index < -0.39 is 11.7 Å². The van der Waals surface area contributed by atoms with Gasteiger partial charge in [-0.3, -0.25) is 4.90 Å². The van der Waals surface area contributed by atoms with E-state index in [0.29, 0.717) is 5.56 Å². The topological polar surface area (TPSA) is 24.5 Å². The van der Waals surface area contributed by atoms with Gasteiger partial charge in [0.25, 0.3) is 0 Å². The molecular formula is C18H28ClF3N2O. The molecule has 3 nitrogen and oxygen atoms in total. The van der Waals surface area contributed by atoms with Crippen molar-refractivity contribution in [3.8, 4) is 5.75 Å². The predicted octanol–water partition coefficient (Wildman–Crippen LogP) is 4.52. The van der Waals surface area contributed by atoms with Gasteiger partial charge in [0.2, 0.25) is 0 Å². The Morgan fingerprint density at radius 3 is 2.36 bits per heavy atom. The standard InChI is InChI=1S/C18H27F3N2O.ClH/c1-4-5-13(2)17(23-8-6-22-7-9-23)14-10-15(18(19,20)21)12-16(11-14)24-3;/h10-13,17,22H,4-9H2,1-3H3;1H/t13?,17-;/m1./s1. The van der Waals surface area contributed by atoms with E-state index in [2.05, 4.69) is 24.1 Å². The molecule has 1 saturated heterocycles. The molecule has 7 heteroatoms. The molecule has 1 aliphatic rings. The predicted molar refractivity (Wildman–Crippen MR) is 96.5 cm³/mol. The van der Waals surface area contributed by atoms with Gasteiger partial charge in [-0.1, -0.05) is 20.3 Å². The molecule has 144 valence electrons. The molecule has 2 rings (SSSR count). The van der Waals surface area contributed by atoms with Crippen molar-refractivity contribution in [1.29, 1.82) is 0 Å². The van der Waals surface area contributed by atoms with Crippen LogP contribution in [0.1, 0.15) is 43.9 Å². The third kappa shape index (κ3) is 5.76. The first-order valence-electron chi connectivity index (χ1n) is 8.57. The Morgan fingerprint density at radius 2 is 1.84 bits per heavy atom. The fourth-order valence-corrected chi connectivity index (χ4v) is 3.55. The van der Waals surface area contributed by atoms with Crippen LogP contribution in [0.15, 0.2) is 18.2 Å². The molecule has 0 aliphatic carbocycles. The summed E-state index contributed by atoms with van der Waals surface area (Å²) in [6, 6.07) is 4.10. The molecule has 0 amide bonds. The summed E-state index contributed by atoms with van der Waals surface area (Å²) >= 11 is 0. The van der Waals surface area contributed by atoms with E-state index in [1.807, 2.05) is 0 Å². The molecule has 0 saturated carbocycles. The summed E-state index contributed by atoms with van der Waals surface area (Å²) in [6.07, 6.45) is -2.38. The average molecular weight is 381 g/mol. The molecule has 0 radical (unpaired) electrons. The van der Waals surface area contributed by atoms with Crippen molar-refractivity contribution in [1.82, 2.24) is 10.2 Å². The molecule has 2 atom stereocenters. The lowest BCUT2D eigenvalue weighted by Crippen LogP contribution is -2.46. The summed E-state index contributed by atoms with van der Waals surface area (Å²) in [6.45, 7) is 7.66. The number of nitrogens with one attached hydrogen (secondary N) is 1. The van der Waals surface area contributed by atoms with Crippen molar-refractivity contribution in [3.05, 3.63) is 29.3 Å². The molecular weight excluding hydrogens is 353 g/mol. The Kier molecular flexibility index (Phi) is 8.51. The van der Waals surface area contributed by atoms with Gasteiger partial charge in [0.15, 0.2) is 0 Å². The fourth-order valence-electron chi connectivity index (χ4n) is 3.55. The van der Waals surface area contributed by atoms with Gasteiger partial charge < -0.3 is 10.1 Å². The van der Waals surface area contributed by atoms with E-state index in [-0.39, 0.29) is 30.1 Å². The Labute approximate surface area is 154 Å². The molecule has 1 heterocycles. The van der Waals surface area contributed by atoms with E-state index in [1.54, 1.807) is 6.07 Å². The first kappa shape index (κ1) is 22.1. The lowest BCUT2D eigenvalue weighted by Gasteiger charge is -2.39. The van der Waals surface area contributed by atoms with Crippen LogP contribution in [-0.2, 0) is 6.18 Å². The Morgan fingerprint density at radius 1 is 1.20 bits per heavy atom. The molecule has 1 aromatic carbocycles.